The number of nitro groups is 1. The Morgan fingerprint density at radius 2 is 1.73 bits per heavy atom. The van der Waals surface area contributed by atoms with Gasteiger partial charge in [-0.25, -0.2) is 0 Å². The molecule has 1 fully saturated rings. The minimum atomic E-state index is -4.59. The molecule has 0 saturated carbocycles. The summed E-state index contributed by atoms with van der Waals surface area (Å²) in [6.07, 6.45) is -0.714. The number of hydrogen-bond donors (Lipinski definition) is 3. The molecular formula is C10H10N2O9S. The summed E-state index contributed by atoms with van der Waals surface area (Å²) in [6, 6.07) is 5.04. The predicted molar refractivity (Wildman–Crippen MR) is 68.4 cm³/mol. The van der Waals surface area contributed by atoms with Crippen LogP contribution in [0.15, 0.2) is 24.3 Å². The molecule has 0 spiro atoms. The number of aromatic hydroxyl groups is 1. The number of phenolic OH excluding ortho intramolecular Hbond substituents is 1. The van der Waals surface area contributed by atoms with Gasteiger partial charge in [0.2, 0.25) is 0 Å². The number of carbonyl (C=O) groups excluding carboxylic acids is 2. The maximum atomic E-state index is 10.7. The van der Waals surface area contributed by atoms with E-state index in [0.717, 1.165) is 0 Å². The van der Waals surface area contributed by atoms with Crippen LogP contribution in [0.2, 0.25) is 0 Å². The Balaban J connectivity index is 0.000000224. The van der Waals surface area contributed by atoms with Gasteiger partial charge in [0, 0.05) is 12.1 Å². The van der Waals surface area contributed by atoms with Crippen LogP contribution in [0.3, 0.4) is 0 Å². The van der Waals surface area contributed by atoms with E-state index in [2.05, 4.69) is 0 Å². The molecule has 0 aliphatic carbocycles. The highest BCUT2D eigenvalue weighted by molar-refractivity contribution is 7.87. The molecule has 1 atom stereocenters. The molecule has 11 nitrogen and oxygen atoms in total. The van der Waals surface area contributed by atoms with Gasteiger partial charge in [-0.3, -0.25) is 29.5 Å². The summed E-state index contributed by atoms with van der Waals surface area (Å²) in [5.41, 5.74) is -0.0159. The monoisotopic (exact) mass is 334 g/mol. The molecule has 1 aliphatic heterocycles. The van der Waals surface area contributed by atoms with Gasteiger partial charge in [0.25, 0.3) is 27.6 Å². The number of rotatable bonds is 2. The summed E-state index contributed by atoms with van der Waals surface area (Å²) >= 11 is 0. The minimum absolute atomic E-state index is 0.0159. The Morgan fingerprint density at radius 3 is 2.00 bits per heavy atom. The van der Waals surface area contributed by atoms with Gasteiger partial charge in [0.05, 0.1) is 11.3 Å². The first-order valence-corrected chi connectivity index (χ1v) is 6.99. The lowest BCUT2D eigenvalue weighted by atomic mass is 10.3. The second kappa shape index (κ2) is 6.46. The van der Waals surface area contributed by atoms with Crippen LogP contribution >= 0.6 is 0 Å². The molecule has 0 bridgehead atoms. The average molecular weight is 334 g/mol. The number of imide groups is 1. The van der Waals surface area contributed by atoms with Crippen LogP contribution in [0.5, 0.6) is 5.75 Å². The molecule has 22 heavy (non-hydrogen) atoms. The molecule has 2 amide bonds. The Hall–Kier alpha value is -2.57. The second-order valence-corrected chi connectivity index (χ2v) is 5.62. The van der Waals surface area contributed by atoms with Crippen molar-refractivity contribution in [1.82, 2.24) is 5.06 Å². The fourth-order valence-corrected chi connectivity index (χ4v) is 2.11. The van der Waals surface area contributed by atoms with E-state index in [0.29, 0.717) is 0 Å². The van der Waals surface area contributed by atoms with Gasteiger partial charge in [-0.2, -0.15) is 13.5 Å². The van der Waals surface area contributed by atoms with E-state index in [9.17, 15) is 28.1 Å². The van der Waals surface area contributed by atoms with E-state index in [1.54, 1.807) is 0 Å². The summed E-state index contributed by atoms with van der Waals surface area (Å²) in [7, 11) is -4.59. The highest BCUT2D eigenvalue weighted by Crippen LogP contribution is 2.17. The van der Waals surface area contributed by atoms with E-state index in [-0.39, 0.29) is 16.5 Å². The highest BCUT2D eigenvalue weighted by atomic mass is 32.2. The van der Waals surface area contributed by atoms with Gasteiger partial charge in [0.1, 0.15) is 5.75 Å². The lowest BCUT2D eigenvalue weighted by Crippen LogP contribution is -2.32. The van der Waals surface area contributed by atoms with Crippen molar-refractivity contribution in [3.05, 3.63) is 34.4 Å². The number of benzene rings is 1. The summed E-state index contributed by atoms with van der Waals surface area (Å²) in [5, 5.41) is 25.2. The molecule has 1 unspecified atom stereocenters. The molecule has 12 heteroatoms. The first-order valence-electron chi connectivity index (χ1n) is 5.49. The van der Waals surface area contributed by atoms with Gasteiger partial charge in [0.15, 0.2) is 5.25 Å². The first kappa shape index (κ1) is 17.5. The van der Waals surface area contributed by atoms with Crippen LogP contribution in [0, 0.1) is 10.1 Å². The standard InChI is InChI=1S/C6H5NO3.C4H5NO6S/c8-6-3-1-5(2-4-6)7(9)10;6-3-1-2(12(9,10)11)4(7)5(3)8/h1-4,8H;2,8H,1H2,(H,9,10,11). The van der Waals surface area contributed by atoms with Crippen LogP contribution in [-0.2, 0) is 19.7 Å². The highest BCUT2D eigenvalue weighted by Gasteiger charge is 2.45. The Bertz CT molecular complexity index is 698. The number of hydrogen-bond acceptors (Lipinski definition) is 8. The maximum Gasteiger partial charge on any atom is 0.277 e. The maximum absolute atomic E-state index is 10.7. The Kier molecular flexibility index (Phi) is 5.14. The second-order valence-electron chi connectivity index (χ2n) is 4.03. The van der Waals surface area contributed by atoms with E-state index in [1.165, 1.54) is 24.3 Å². The fourth-order valence-electron chi connectivity index (χ4n) is 1.40. The van der Waals surface area contributed by atoms with Gasteiger partial charge in [-0.05, 0) is 12.1 Å². The summed E-state index contributed by atoms with van der Waals surface area (Å²) in [4.78, 5) is 30.7. The zero-order chi connectivity index (χ0) is 17.1. The van der Waals surface area contributed by atoms with Gasteiger partial charge < -0.3 is 5.11 Å². The molecule has 0 aromatic heterocycles. The quantitative estimate of drug-likeness (QED) is 0.215. The fraction of sp³-hybridized carbons (Fsp3) is 0.200. The van der Waals surface area contributed by atoms with Crippen molar-refractivity contribution in [3.8, 4) is 5.75 Å². The van der Waals surface area contributed by atoms with Gasteiger partial charge in [-0.1, -0.05) is 0 Å². The number of hydroxylamine groups is 2. The van der Waals surface area contributed by atoms with Gasteiger partial charge >= 0.3 is 0 Å². The third kappa shape index (κ3) is 4.21. The van der Waals surface area contributed by atoms with Crippen molar-refractivity contribution in [2.24, 2.45) is 0 Å². The number of carbonyl (C=O) groups is 2. The Morgan fingerprint density at radius 1 is 1.23 bits per heavy atom. The van der Waals surface area contributed by atoms with Crippen LogP contribution in [0.4, 0.5) is 5.69 Å². The third-order valence-electron chi connectivity index (χ3n) is 2.50. The predicted octanol–water partition coefficient (Wildman–Crippen LogP) is -0.309. The largest absolute Gasteiger partial charge is 0.508 e. The normalized spacial score (nSPS) is 17.9. The molecular weight excluding hydrogens is 324 g/mol. The van der Waals surface area contributed by atoms with Crippen molar-refractivity contribution < 1.29 is 37.8 Å². The third-order valence-corrected chi connectivity index (χ3v) is 3.59. The number of phenols is 1. The average Bonchev–Trinajstić information content (AvgIpc) is 2.67. The van der Waals surface area contributed by atoms with Crippen molar-refractivity contribution in [1.29, 1.82) is 0 Å². The molecule has 1 aromatic rings. The van der Waals surface area contributed by atoms with Crippen LogP contribution in [0.1, 0.15) is 6.42 Å². The van der Waals surface area contributed by atoms with E-state index in [4.69, 9.17) is 14.9 Å². The number of nitrogens with zero attached hydrogens (tertiary/aromatic N) is 2. The molecule has 0 radical (unpaired) electrons. The lowest BCUT2D eigenvalue weighted by molar-refractivity contribution is -0.384. The molecule has 3 N–H and O–H groups in total. The van der Waals surface area contributed by atoms with Gasteiger partial charge in [-0.15, -0.1) is 0 Å². The van der Waals surface area contributed by atoms with E-state index in [1.807, 2.05) is 0 Å². The van der Waals surface area contributed by atoms with Crippen molar-refractivity contribution in [2.45, 2.75) is 11.7 Å². The van der Waals surface area contributed by atoms with Crippen molar-refractivity contribution >= 4 is 27.6 Å². The van der Waals surface area contributed by atoms with Crippen LogP contribution in [0.25, 0.3) is 0 Å². The SMILES string of the molecule is O=C1CC(S(=O)(=O)O)C(=O)N1O.O=[N+]([O-])c1ccc(O)cc1. The molecule has 1 heterocycles. The topological polar surface area (TPSA) is 175 Å². The Labute approximate surface area is 123 Å². The van der Waals surface area contributed by atoms with Crippen LogP contribution in [-0.4, -0.2) is 50.3 Å². The minimum Gasteiger partial charge on any atom is -0.508 e. The number of amides is 2. The molecule has 120 valence electrons. The van der Waals surface area contributed by atoms with Crippen LogP contribution < -0.4 is 0 Å². The number of non-ortho nitro benzene ring substituents is 1. The summed E-state index contributed by atoms with van der Waals surface area (Å²) < 4.78 is 29.1. The summed E-state index contributed by atoms with van der Waals surface area (Å²) in [5.74, 6) is -2.32. The van der Waals surface area contributed by atoms with E-state index < -0.39 is 38.5 Å². The zero-order valence-corrected chi connectivity index (χ0v) is 11.5. The lowest BCUT2D eigenvalue weighted by Gasteiger charge is -2.02. The van der Waals surface area contributed by atoms with Crippen molar-refractivity contribution in [3.63, 3.8) is 0 Å². The summed E-state index contributed by atoms with van der Waals surface area (Å²) in [6.45, 7) is 0. The molecule has 1 saturated heterocycles. The van der Waals surface area contributed by atoms with E-state index >= 15 is 0 Å². The zero-order valence-electron chi connectivity index (χ0n) is 10.7. The first-order chi connectivity index (χ1) is 10.0. The molecule has 2 rings (SSSR count). The number of nitro benzene ring substituents is 1. The molecule has 1 aromatic carbocycles. The molecule has 1 aliphatic rings. The smallest absolute Gasteiger partial charge is 0.277 e. The van der Waals surface area contributed by atoms with Crippen molar-refractivity contribution in [2.75, 3.05) is 0 Å².